The van der Waals surface area contributed by atoms with Crippen molar-refractivity contribution in [2.75, 3.05) is 23.0 Å². The van der Waals surface area contributed by atoms with E-state index in [1.165, 1.54) is 181 Å². The number of allylic oxidation sites excluding steroid dienone is 4. The molecule has 13 rings (SSSR count). The van der Waals surface area contributed by atoms with E-state index in [4.69, 9.17) is 0 Å². The molecule has 0 saturated heterocycles. The van der Waals surface area contributed by atoms with Crippen LogP contribution in [0.1, 0.15) is 182 Å². The summed E-state index contributed by atoms with van der Waals surface area (Å²) in [5, 5.41) is 0. The van der Waals surface area contributed by atoms with E-state index in [0.717, 1.165) is 23.0 Å². The minimum absolute atomic E-state index is 0.427. The Balaban J connectivity index is 1.03. The highest BCUT2D eigenvalue weighted by molar-refractivity contribution is 8.43. The molecule has 24 heteroatoms. The Hall–Kier alpha value is 2.04. The minimum Gasteiger partial charge on any atom is -0.359 e. The highest BCUT2D eigenvalue weighted by atomic mass is 32.3. The lowest BCUT2D eigenvalue weighted by Gasteiger charge is -2.30. The maximum atomic E-state index is 4.44. The van der Waals surface area contributed by atoms with E-state index in [9.17, 15) is 0 Å². The number of aromatic amines is 4. The number of thioether (sulfide) groups is 20. The molecule has 4 aromatic heterocycles. The molecule has 4 aromatic rings. The molecule has 0 saturated carbocycles. The van der Waals surface area contributed by atoms with Gasteiger partial charge in [-0.15, -0.1) is 47.0 Å². The number of H-pyrrole nitrogens is 4. The predicted molar refractivity (Wildman–Crippen MR) is 409 cm³/mol. The van der Waals surface area contributed by atoms with Gasteiger partial charge in [-0.25, -0.2) is 0 Å². The summed E-state index contributed by atoms with van der Waals surface area (Å²) in [5.74, 6) is 4.61. The van der Waals surface area contributed by atoms with Crippen molar-refractivity contribution >= 4 is 235 Å². The third-order valence-electron chi connectivity index (χ3n) is 15.7. The van der Waals surface area contributed by atoms with E-state index < -0.39 is 21.7 Å². The molecule has 448 valence electrons. The van der Waals surface area contributed by atoms with Crippen molar-refractivity contribution < 1.29 is 0 Å². The second-order valence-electron chi connectivity index (χ2n) is 23.3. The van der Waals surface area contributed by atoms with Crippen LogP contribution in [0.25, 0.3) is 0 Å². The molecule has 13 heterocycles. The molecule has 0 aliphatic carbocycles. The number of hydrogen-bond acceptors (Lipinski definition) is 20. The van der Waals surface area contributed by atoms with E-state index in [1.54, 1.807) is 0 Å². The molecule has 9 aliphatic heterocycles. The summed E-state index contributed by atoms with van der Waals surface area (Å²) in [6.45, 7) is 38.5. The van der Waals surface area contributed by atoms with E-state index in [1.807, 2.05) is 188 Å². The molecule has 9 aliphatic rings. The van der Waals surface area contributed by atoms with Crippen LogP contribution < -0.4 is 0 Å². The first-order valence-electron chi connectivity index (χ1n) is 28.3. The molecule has 0 fully saturated rings. The molecule has 0 radical (unpaired) electrons. The van der Waals surface area contributed by atoms with Crippen molar-refractivity contribution in [1.82, 2.24) is 19.9 Å². The standard InChI is InChI=1S/C60H68N4S20/c1-17-21-65-45-46(66-22-18-2)82-55(81-45)53-77-33-35(79-53)43-60(15,16)44-36-34(78-54(80-36)56-83-47(67-23-19-3)48(84-56)68-24-20-4)42(64-44)59(13,14)40-32-30(74-52(76-32)50-71-27(7)28(8)72-50)38(62-40)57(9,10)37-29-31(39(61-37)58(11,12)41(33)63-43)75-51(73-29)49-69-25(5)26(6)70-49/h61-64H,17-24H2,1-16H3. The zero-order valence-electron chi connectivity index (χ0n) is 49.8. The molecule has 0 amide bonds. The number of hydrogen-bond donors (Lipinski definition) is 4. The van der Waals surface area contributed by atoms with Crippen LogP contribution in [0.5, 0.6) is 0 Å². The second-order valence-corrected chi connectivity index (χ2v) is 48.0. The fourth-order valence-corrected chi connectivity index (χ4v) is 40.4. The normalized spacial score (nSPS) is 22.1. The third kappa shape index (κ3) is 11.3. The lowest BCUT2D eigenvalue weighted by atomic mass is 9.85. The van der Waals surface area contributed by atoms with Crippen molar-refractivity contribution in [3.05, 3.63) is 116 Å². The third-order valence-corrected chi connectivity index (χ3v) is 45.4. The van der Waals surface area contributed by atoms with Gasteiger partial charge >= 0.3 is 0 Å². The van der Waals surface area contributed by atoms with Crippen LogP contribution in [-0.4, -0.2) is 42.9 Å². The fourth-order valence-electron chi connectivity index (χ4n) is 10.7. The maximum absolute atomic E-state index is 4.44. The molecule has 84 heavy (non-hydrogen) atoms. The largest absolute Gasteiger partial charge is 0.359 e. The average Bonchev–Trinajstić information content (AvgIpc) is 1.66. The Morgan fingerprint density at radius 2 is 0.405 bits per heavy atom. The molecule has 4 nitrogen and oxygen atoms in total. The Bertz CT molecular complexity index is 3430. The van der Waals surface area contributed by atoms with Gasteiger partial charge in [-0.3, -0.25) is 0 Å². The Kier molecular flexibility index (Phi) is 19.5. The summed E-state index contributed by atoms with van der Waals surface area (Å²) in [7, 11) is 0. The SMILES string of the molecule is CCCSC1=C(SCCC)SC(=C2Sc3c4[nH]c(c3S2)C(C)(C)c2[nH]c(c3c2SC(=C2SC(SCCC)=C(SCCC)S2)S3)C(C)(C)c2[nH]c(c3c2SC(=C2SC(C)=C(C)S2)S3)C(C)(C)c2[nH]c(c3c2SC(=C2SC(C)=C(C)S2)S3)C4(C)C)S1. The van der Waals surface area contributed by atoms with Crippen molar-refractivity contribution in [2.45, 2.75) is 197 Å². The lowest BCUT2D eigenvalue weighted by molar-refractivity contribution is 0.533. The van der Waals surface area contributed by atoms with E-state index in [-0.39, 0.29) is 0 Å². The molecule has 0 atom stereocenters. The predicted octanol–water partition coefficient (Wildman–Crippen LogP) is 27.2. The van der Waals surface area contributed by atoms with E-state index >= 15 is 0 Å². The Labute approximate surface area is 583 Å². The van der Waals surface area contributed by atoms with Gasteiger partial charge in [0, 0.05) is 106 Å². The van der Waals surface area contributed by atoms with Crippen molar-refractivity contribution in [1.29, 1.82) is 0 Å². The molecule has 8 bridgehead atoms. The fraction of sp³-hybridized carbons (Fsp3) is 0.467. The lowest BCUT2D eigenvalue weighted by Crippen LogP contribution is -2.27. The monoisotopic (exact) mass is 1480 g/mol. The van der Waals surface area contributed by atoms with Gasteiger partial charge in [0.25, 0.3) is 0 Å². The van der Waals surface area contributed by atoms with Crippen LogP contribution in [0.2, 0.25) is 0 Å². The summed E-state index contributed by atoms with van der Waals surface area (Å²) >= 11 is 40.5. The minimum atomic E-state index is -0.441. The molecule has 0 aromatic carbocycles. The summed E-state index contributed by atoms with van der Waals surface area (Å²) in [6, 6.07) is 0. The van der Waals surface area contributed by atoms with Crippen LogP contribution >= 0.6 is 235 Å². The summed E-state index contributed by atoms with van der Waals surface area (Å²) in [6.07, 6.45) is 4.71. The zero-order valence-corrected chi connectivity index (χ0v) is 66.2. The molecule has 0 spiro atoms. The van der Waals surface area contributed by atoms with Crippen LogP contribution in [0.15, 0.2) is 110 Å². The molecule has 4 N–H and O–H groups in total. The van der Waals surface area contributed by atoms with Gasteiger partial charge in [-0.05, 0) is 151 Å². The van der Waals surface area contributed by atoms with Gasteiger partial charge in [0.15, 0.2) is 0 Å². The smallest absolute Gasteiger partial charge is 0.0717 e. The van der Waals surface area contributed by atoms with E-state index in [0.29, 0.717) is 0 Å². The molecular formula is C60H68N4S20. The molecule has 0 unspecified atom stereocenters. The Morgan fingerprint density at radius 1 is 0.250 bits per heavy atom. The van der Waals surface area contributed by atoms with Crippen LogP contribution in [0, 0.1) is 0 Å². The second kappa shape index (κ2) is 25.3. The van der Waals surface area contributed by atoms with E-state index in [2.05, 4.69) is 178 Å². The zero-order chi connectivity index (χ0) is 59.1. The van der Waals surface area contributed by atoms with Crippen molar-refractivity contribution in [3.8, 4) is 0 Å². The highest BCUT2D eigenvalue weighted by Gasteiger charge is 2.51. The summed E-state index contributed by atoms with van der Waals surface area (Å²) in [4.78, 5) is 34.5. The van der Waals surface area contributed by atoms with Gasteiger partial charge < -0.3 is 19.9 Å². The first kappa shape index (κ1) is 64.7. The quantitative estimate of drug-likeness (QED) is 0.109. The maximum Gasteiger partial charge on any atom is 0.0717 e. The summed E-state index contributed by atoms with van der Waals surface area (Å²) in [5.41, 5.74) is 8.74. The van der Waals surface area contributed by atoms with Gasteiger partial charge in [0.1, 0.15) is 0 Å². The number of nitrogens with one attached hydrogen (secondary N) is 4. The number of aromatic nitrogens is 4. The van der Waals surface area contributed by atoms with Gasteiger partial charge in [0.05, 0.1) is 50.8 Å². The average molecular weight is 1490 g/mol. The summed E-state index contributed by atoms with van der Waals surface area (Å²) < 4.78 is 17.4. The van der Waals surface area contributed by atoms with Crippen LogP contribution in [0.4, 0.5) is 0 Å². The van der Waals surface area contributed by atoms with Crippen LogP contribution in [-0.2, 0) is 21.7 Å². The number of fused-ring (bicyclic) bond motifs is 20. The van der Waals surface area contributed by atoms with Gasteiger partial charge in [-0.2, -0.15) is 0 Å². The highest BCUT2D eigenvalue weighted by Crippen LogP contribution is 2.72. The first-order valence-corrected chi connectivity index (χ1v) is 45.3. The topological polar surface area (TPSA) is 63.2 Å². The number of rotatable bonds is 12. The van der Waals surface area contributed by atoms with Crippen molar-refractivity contribution in [3.63, 3.8) is 0 Å². The molecular weight excluding hydrogens is 1420 g/mol. The van der Waals surface area contributed by atoms with Gasteiger partial charge in [-0.1, -0.05) is 216 Å². The Morgan fingerprint density at radius 3 is 0.571 bits per heavy atom. The van der Waals surface area contributed by atoms with Crippen LogP contribution in [0.3, 0.4) is 0 Å². The van der Waals surface area contributed by atoms with Crippen molar-refractivity contribution in [2.24, 2.45) is 0 Å². The first-order chi connectivity index (χ1) is 40.1. The van der Waals surface area contributed by atoms with Gasteiger partial charge in [0.2, 0.25) is 0 Å².